The van der Waals surface area contributed by atoms with Gasteiger partial charge in [0.25, 0.3) is 5.91 Å². The molecule has 140 valence electrons. The van der Waals surface area contributed by atoms with E-state index in [9.17, 15) is 9.59 Å². The van der Waals surface area contributed by atoms with Crippen molar-refractivity contribution in [2.24, 2.45) is 5.92 Å². The zero-order valence-corrected chi connectivity index (χ0v) is 16.7. The first-order valence-corrected chi connectivity index (χ1v) is 10.8. The van der Waals surface area contributed by atoms with E-state index >= 15 is 0 Å². The number of rotatable bonds is 6. The lowest BCUT2D eigenvalue weighted by Gasteiger charge is -2.31. The molecule has 0 aliphatic carbocycles. The van der Waals surface area contributed by atoms with Gasteiger partial charge >= 0.3 is 0 Å². The number of amides is 2. The van der Waals surface area contributed by atoms with E-state index in [0.29, 0.717) is 24.1 Å². The Kier molecular flexibility index (Phi) is 6.37. The van der Waals surface area contributed by atoms with Crippen LogP contribution >= 0.6 is 22.7 Å². The molecule has 26 heavy (non-hydrogen) atoms. The molecule has 1 aliphatic rings. The molecule has 2 aromatic heterocycles. The smallest absolute Gasteiger partial charge is 0.263 e. The maximum Gasteiger partial charge on any atom is 0.263 e. The molecule has 0 spiro atoms. The van der Waals surface area contributed by atoms with Gasteiger partial charge in [0.2, 0.25) is 11.0 Å². The van der Waals surface area contributed by atoms with Crippen LogP contribution in [0.15, 0.2) is 17.5 Å². The largest absolute Gasteiger partial charge is 0.337 e. The Balaban J connectivity index is 1.60. The summed E-state index contributed by atoms with van der Waals surface area (Å²) in [6, 6.07) is 3.70. The van der Waals surface area contributed by atoms with Crippen LogP contribution in [0.25, 0.3) is 0 Å². The summed E-state index contributed by atoms with van der Waals surface area (Å²) in [5.74, 6) is 0.144. The summed E-state index contributed by atoms with van der Waals surface area (Å²) in [6.45, 7) is 5.43. The van der Waals surface area contributed by atoms with Crippen molar-refractivity contribution in [2.45, 2.75) is 45.4 Å². The minimum absolute atomic E-state index is 0.0180. The van der Waals surface area contributed by atoms with Gasteiger partial charge in [0.15, 0.2) is 0 Å². The molecular weight excluding hydrogens is 368 g/mol. The van der Waals surface area contributed by atoms with Crippen molar-refractivity contribution in [1.29, 1.82) is 0 Å². The van der Waals surface area contributed by atoms with Crippen LogP contribution in [-0.2, 0) is 4.79 Å². The lowest BCUT2D eigenvalue weighted by Crippen LogP contribution is -2.43. The van der Waals surface area contributed by atoms with Gasteiger partial charge in [-0.15, -0.1) is 21.5 Å². The Bertz CT molecular complexity index is 740. The maximum absolute atomic E-state index is 12.6. The normalized spacial score (nSPS) is 17.5. The minimum Gasteiger partial charge on any atom is -0.337 e. The summed E-state index contributed by atoms with van der Waals surface area (Å²) < 4.78 is 0. The third kappa shape index (κ3) is 4.29. The number of nitrogens with zero attached hydrogens (tertiary/aromatic N) is 3. The zero-order chi connectivity index (χ0) is 18.5. The second-order valence-corrected chi connectivity index (χ2v) is 8.47. The van der Waals surface area contributed by atoms with E-state index < -0.39 is 0 Å². The molecule has 6 nitrogen and oxygen atoms in total. The number of carbonyl (C=O) groups excluding carboxylic acids is 2. The van der Waals surface area contributed by atoms with E-state index in [1.54, 1.807) is 4.90 Å². The van der Waals surface area contributed by atoms with Crippen LogP contribution in [0.1, 0.15) is 60.1 Å². The molecule has 0 bridgehead atoms. The Morgan fingerprint density at radius 2 is 2.15 bits per heavy atom. The first-order chi connectivity index (χ1) is 12.6. The van der Waals surface area contributed by atoms with Crippen LogP contribution in [0.3, 0.4) is 0 Å². The van der Waals surface area contributed by atoms with Crippen LogP contribution in [0.2, 0.25) is 0 Å². The molecule has 2 amide bonds. The molecule has 0 saturated carbocycles. The summed E-state index contributed by atoms with van der Waals surface area (Å²) in [5.41, 5.74) is 0. The zero-order valence-electron chi connectivity index (χ0n) is 15.1. The van der Waals surface area contributed by atoms with Crippen molar-refractivity contribution < 1.29 is 9.59 Å². The van der Waals surface area contributed by atoms with Crippen LogP contribution in [0.5, 0.6) is 0 Å². The molecule has 1 atom stereocenters. The number of hydrogen-bond donors (Lipinski definition) is 1. The number of nitrogens with one attached hydrogen (secondary N) is 1. The number of carbonyl (C=O) groups is 2. The quantitative estimate of drug-likeness (QED) is 0.806. The Labute approximate surface area is 161 Å². The van der Waals surface area contributed by atoms with Crippen molar-refractivity contribution in [1.82, 2.24) is 15.1 Å². The van der Waals surface area contributed by atoms with Gasteiger partial charge in [-0.25, -0.2) is 0 Å². The van der Waals surface area contributed by atoms with E-state index in [2.05, 4.69) is 29.4 Å². The number of anilines is 1. The van der Waals surface area contributed by atoms with E-state index in [0.717, 1.165) is 35.6 Å². The van der Waals surface area contributed by atoms with Crippen LogP contribution in [0, 0.1) is 5.92 Å². The van der Waals surface area contributed by atoms with Gasteiger partial charge in [0.05, 0.1) is 10.8 Å². The third-order valence-electron chi connectivity index (χ3n) is 4.82. The highest BCUT2D eigenvalue weighted by Crippen LogP contribution is 2.29. The summed E-state index contributed by atoms with van der Waals surface area (Å²) in [6.07, 6.45) is 3.66. The number of aromatic nitrogens is 2. The second kappa shape index (κ2) is 8.73. The number of likely N-dealkylation sites (tertiary alicyclic amines) is 1. The molecule has 0 aromatic carbocycles. The molecule has 3 heterocycles. The molecular formula is C18H24N4O2S2. The second-order valence-electron chi connectivity index (χ2n) is 6.52. The van der Waals surface area contributed by atoms with Gasteiger partial charge in [-0.1, -0.05) is 31.3 Å². The molecule has 1 fully saturated rings. The SMILES string of the molecule is CCC(CC)c1nnc(NC(=O)[C@@H]2CCCN(C(=O)c3cccs3)C2)s1. The Hall–Kier alpha value is -1.80. The number of thiophene rings is 1. The van der Waals surface area contributed by atoms with Crippen LogP contribution in [-0.4, -0.2) is 40.0 Å². The summed E-state index contributed by atoms with van der Waals surface area (Å²) in [5, 5.41) is 14.7. The van der Waals surface area contributed by atoms with Crippen molar-refractivity contribution in [3.05, 3.63) is 27.4 Å². The third-order valence-corrected chi connectivity index (χ3v) is 6.68. The first kappa shape index (κ1) is 19.0. The topological polar surface area (TPSA) is 75.2 Å². The molecule has 3 rings (SSSR count). The monoisotopic (exact) mass is 392 g/mol. The Morgan fingerprint density at radius 1 is 1.35 bits per heavy atom. The molecule has 2 aromatic rings. The summed E-state index contributed by atoms with van der Waals surface area (Å²) in [7, 11) is 0. The van der Waals surface area contributed by atoms with E-state index in [1.165, 1.54) is 22.7 Å². The molecule has 1 saturated heterocycles. The average Bonchev–Trinajstić information content (AvgIpc) is 3.35. The van der Waals surface area contributed by atoms with Gasteiger partial charge in [-0.05, 0) is 37.1 Å². The lowest BCUT2D eigenvalue weighted by molar-refractivity contribution is -0.121. The first-order valence-electron chi connectivity index (χ1n) is 9.09. The fourth-order valence-corrected chi connectivity index (χ4v) is 4.93. The van der Waals surface area contributed by atoms with Crippen molar-refractivity contribution >= 4 is 39.6 Å². The van der Waals surface area contributed by atoms with Gasteiger partial charge in [-0.3, -0.25) is 9.59 Å². The van der Waals surface area contributed by atoms with Gasteiger partial charge in [0.1, 0.15) is 5.01 Å². The van der Waals surface area contributed by atoms with Crippen molar-refractivity contribution in [2.75, 3.05) is 18.4 Å². The molecule has 1 N–H and O–H groups in total. The van der Waals surface area contributed by atoms with E-state index in [1.807, 2.05) is 17.5 Å². The van der Waals surface area contributed by atoms with E-state index in [4.69, 9.17) is 0 Å². The predicted octanol–water partition coefficient (Wildman–Crippen LogP) is 3.99. The highest BCUT2D eigenvalue weighted by Gasteiger charge is 2.30. The predicted molar refractivity (Wildman–Crippen MR) is 105 cm³/mol. The van der Waals surface area contributed by atoms with Crippen LogP contribution in [0.4, 0.5) is 5.13 Å². The van der Waals surface area contributed by atoms with Gasteiger partial charge < -0.3 is 10.2 Å². The highest BCUT2D eigenvalue weighted by molar-refractivity contribution is 7.15. The van der Waals surface area contributed by atoms with Gasteiger partial charge in [0, 0.05) is 19.0 Å². The maximum atomic E-state index is 12.6. The summed E-state index contributed by atoms with van der Waals surface area (Å²) >= 11 is 2.89. The number of piperidine rings is 1. The number of hydrogen-bond acceptors (Lipinski definition) is 6. The van der Waals surface area contributed by atoms with Crippen molar-refractivity contribution in [3.8, 4) is 0 Å². The minimum atomic E-state index is -0.201. The molecule has 0 unspecified atom stereocenters. The fraction of sp³-hybridized carbons (Fsp3) is 0.556. The lowest BCUT2D eigenvalue weighted by atomic mass is 9.97. The average molecular weight is 393 g/mol. The standard InChI is InChI=1S/C18H24N4O2S2/c1-3-12(4-2)16-20-21-18(26-16)19-15(23)13-7-5-9-22(11-13)17(24)14-8-6-10-25-14/h6,8,10,12-13H,3-5,7,9,11H2,1-2H3,(H,19,21,23)/t13-/m1/s1. The van der Waals surface area contributed by atoms with Crippen LogP contribution < -0.4 is 5.32 Å². The summed E-state index contributed by atoms with van der Waals surface area (Å²) in [4.78, 5) is 27.7. The molecule has 8 heteroatoms. The highest BCUT2D eigenvalue weighted by atomic mass is 32.1. The van der Waals surface area contributed by atoms with E-state index in [-0.39, 0.29) is 17.7 Å². The van der Waals surface area contributed by atoms with Gasteiger partial charge in [-0.2, -0.15) is 0 Å². The molecule has 0 radical (unpaired) electrons. The Morgan fingerprint density at radius 3 is 2.85 bits per heavy atom. The fourth-order valence-electron chi connectivity index (χ4n) is 3.23. The molecule has 1 aliphatic heterocycles. The van der Waals surface area contributed by atoms with Crippen molar-refractivity contribution in [3.63, 3.8) is 0 Å².